The Kier molecular flexibility index (Phi) is 5.76. The summed E-state index contributed by atoms with van der Waals surface area (Å²) in [7, 11) is -3.47. The van der Waals surface area contributed by atoms with Gasteiger partial charge in [-0.25, -0.2) is 8.42 Å². The second-order valence-corrected chi connectivity index (χ2v) is 8.90. The number of piperazine rings is 1. The first-order chi connectivity index (χ1) is 12.0. The van der Waals surface area contributed by atoms with E-state index in [0.29, 0.717) is 43.7 Å². The number of sulfonamides is 1. The Hall–Kier alpha value is -1.44. The van der Waals surface area contributed by atoms with Crippen LogP contribution in [0.4, 0.5) is 0 Å². The van der Waals surface area contributed by atoms with Gasteiger partial charge in [-0.05, 0) is 31.9 Å². The Labute approximate surface area is 150 Å². The molecule has 25 heavy (non-hydrogen) atoms. The molecule has 1 saturated heterocycles. The van der Waals surface area contributed by atoms with Crippen LogP contribution in [0.15, 0.2) is 29.2 Å². The predicted octanol–water partition coefficient (Wildman–Crippen LogP) is 1.36. The van der Waals surface area contributed by atoms with Gasteiger partial charge >= 0.3 is 0 Å². The highest BCUT2D eigenvalue weighted by Crippen LogP contribution is 2.19. The molecule has 1 saturated carbocycles. The minimum absolute atomic E-state index is 0.0688. The number of aryl methyl sites for hydroxylation is 1. The summed E-state index contributed by atoms with van der Waals surface area (Å²) in [6.07, 6.45) is 4.77. The molecule has 1 heterocycles. The number of hydrogen-bond donors (Lipinski definition) is 1. The maximum atomic E-state index is 12.7. The molecule has 3 rings (SSSR count). The molecule has 1 aromatic rings. The van der Waals surface area contributed by atoms with Crippen LogP contribution in [-0.4, -0.2) is 62.3 Å². The number of rotatable bonds is 5. The SMILES string of the molecule is Cc1ccc(S(=O)(=O)N2CCN(C(=O)CNC3CCCC3)CC2)cc1. The van der Waals surface area contributed by atoms with E-state index in [1.54, 1.807) is 29.2 Å². The molecule has 0 unspecified atom stereocenters. The number of carbonyl (C=O) groups is 1. The average molecular weight is 365 g/mol. The number of benzene rings is 1. The van der Waals surface area contributed by atoms with E-state index < -0.39 is 10.0 Å². The molecule has 0 aromatic heterocycles. The van der Waals surface area contributed by atoms with Crippen LogP contribution in [0.2, 0.25) is 0 Å². The lowest BCUT2D eigenvalue weighted by atomic mass is 10.2. The molecular formula is C18H27N3O3S. The smallest absolute Gasteiger partial charge is 0.243 e. The van der Waals surface area contributed by atoms with Gasteiger partial charge in [-0.1, -0.05) is 30.5 Å². The van der Waals surface area contributed by atoms with Crippen molar-refractivity contribution in [2.24, 2.45) is 0 Å². The van der Waals surface area contributed by atoms with E-state index in [2.05, 4.69) is 5.32 Å². The maximum Gasteiger partial charge on any atom is 0.243 e. The lowest BCUT2D eigenvalue weighted by molar-refractivity contribution is -0.131. The predicted molar refractivity (Wildman–Crippen MR) is 96.8 cm³/mol. The second-order valence-electron chi connectivity index (χ2n) is 6.96. The van der Waals surface area contributed by atoms with Crippen molar-refractivity contribution in [2.45, 2.75) is 43.5 Å². The van der Waals surface area contributed by atoms with Crippen LogP contribution in [0.3, 0.4) is 0 Å². The largest absolute Gasteiger partial charge is 0.339 e. The second kappa shape index (κ2) is 7.85. The molecule has 0 atom stereocenters. The van der Waals surface area contributed by atoms with Gasteiger partial charge < -0.3 is 10.2 Å². The van der Waals surface area contributed by atoms with Gasteiger partial charge in [0.2, 0.25) is 15.9 Å². The third-order valence-corrected chi connectivity index (χ3v) is 7.06. The van der Waals surface area contributed by atoms with Gasteiger partial charge in [-0.3, -0.25) is 4.79 Å². The number of nitrogens with zero attached hydrogens (tertiary/aromatic N) is 2. The van der Waals surface area contributed by atoms with Crippen LogP contribution in [0, 0.1) is 6.92 Å². The highest BCUT2D eigenvalue weighted by molar-refractivity contribution is 7.89. The van der Waals surface area contributed by atoms with E-state index in [1.165, 1.54) is 17.1 Å². The average Bonchev–Trinajstić information content (AvgIpc) is 3.14. The summed E-state index contributed by atoms with van der Waals surface area (Å²) in [5.41, 5.74) is 1.03. The topological polar surface area (TPSA) is 69.7 Å². The van der Waals surface area contributed by atoms with Crippen molar-refractivity contribution in [3.8, 4) is 0 Å². The fourth-order valence-corrected chi connectivity index (χ4v) is 4.93. The van der Waals surface area contributed by atoms with Crippen LogP contribution in [0.1, 0.15) is 31.2 Å². The molecule has 2 fully saturated rings. The van der Waals surface area contributed by atoms with E-state index in [4.69, 9.17) is 0 Å². The van der Waals surface area contributed by atoms with Gasteiger partial charge in [0.1, 0.15) is 0 Å². The molecule has 1 aromatic carbocycles. The van der Waals surface area contributed by atoms with Gasteiger partial charge in [-0.15, -0.1) is 0 Å². The minimum atomic E-state index is -3.47. The van der Waals surface area contributed by atoms with Crippen molar-refractivity contribution >= 4 is 15.9 Å². The van der Waals surface area contributed by atoms with E-state index >= 15 is 0 Å². The summed E-state index contributed by atoms with van der Waals surface area (Å²) >= 11 is 0. The normalized spacial score (nSPS) is 20.1. The standard InChI is InChI=1S/C18H27N3O3S/c1-15-6-8-17(9-7-15)25(23,24)21-12-10-20(11-13-21)18(22)14-19-16-4-2-3-5-16/h6-9,16,19H,2-5,10-14H2,1H3. The monoisotopic (exact) mass is 365 g/mol. The maximum absolute atomic E-state index is 12.7. The molecule has 1 aliphatic heterocycles. The molecule has 1 aliphatic carbocycles. The Balaban J connectivity index is 1.52. The lowest BCUT2D eigenvalue weighted by Crippen LogP contribution is -2.52. The summed E-state index contributed by atoms with van der Waals surface area (Å²) in [5.74, 6) is 0.0688. The summed E-state index contributed by atoms with van der Waals surface area (Å²) in [4.78, 5) is 14.4. The molecule has 0 bridgehead atoms. The van der Waals surface area contributed by atoms with Crippen molar-refractivity contribution in [3.05, 3.63) is 29.8 Å². The molecule has 138 valence electrons. The first-order valence-corrected chi connectivity index (χ1v) is 10.5. The fraction of sp³-hybridized carbons (Fsp3) is 0.611. The minimum Gasteiger partial charge on any atom is -0.339 e. The Morgan fingerprint density at radius 1 is 1.08 bits per heavy atom. The third kappa shape index (κ3) is 4.40. The van der Waals surface area contributed by atoms with Crippen molar-refractivity contribution in [2.75, 3.05) is 32.7 Å². The van der Waals surface area contributed by atoms with Crippen LogP contribution in [0.5, 0.6) is 0 Å². The van der Waals surface area contributed by atoms with Gasteiger partial charge in [0.05, 0.1) is 11.4 Å². The quantitative estimate of drug-likeness (QED) is 0.855. The van der Waals surface area contributed by atoms with Gasteiger partial charge in [0, 0.05) is 32.2 Å². The van der Waals surface area contributed by atoms with Crippen LogP contribution < -0.4 is 5.32 Å². The number of nitrogens with one attached hydrogen (secondary N) is 1. The fourth-order valence-electron chi connectivity index (χ4n) is 3.51. The first-order valence-electron chi connectivity index (χ1n) is 9.05. The Morgan fingerprint density at radius 2 is 1.68 bits per heavy atom. The first kappa shape index (κ1) is 18.4. The van der Waals surface area contributed by atoms with E-state index in [9.17, 15) is 13.2 Å². The Morgan fingerprint density at radius 3 is 2.28 bits per heavy atom. The lowest BCUT2D eigenvalue weighted by Gasteiger charge is -2.34. The van der Waals surface area contributed by atoms with E-state index in [1.807, 2.05) is 6.92 Å². The molecule has 1 amide bonds. The number of amides is 1. The van der Waals surface area contributed by atoms with Gasteiger partial charge in [0.25, 0.3) is 0 Å². The summed E-state index contributed by atoms with van der Waals surface area (Å²) in [5, 5.41) is 3.33. The van der Waals surface area contributed by atoms with E-state index in [0.717, 1.165) is 18.4 Å². The molecule has 1 N–H and O–H groups in total. The zero-order valence-electron chi connectivity index (χ0n) is 14.8. The summed E-state index contributed by atoms with van der Waals surface area (Å²) in [6.45, 7) is 3.90. The van der Waals surface area contributed by atoms with Crippen LogP contribution in [-0.2, 0) is 14.8 Å². The summed E-state index contributed by atoms with van der Waals surface area (Å²) in [6, 6.07) is 7.37. The van der Waals surface area contributed by atoms with Crippen molar-refractivity contribution < 1.29 is 13.2 Å². The molecular weight excluding hydrogens is 338 g/mol. The number of carbonyl (C=O) groups excluding carboxylic acids is 1. The molecule has 6 nitrogen and oxygen atoms in total. The van der Waals surface area contributed by atoms with Crippen molar-refractivity contribution in [1.82, 2.24) is 14.5 Å². The summed E-state index contributed by atoms with van der Waals surface area (Å²) < 4.78 is 26.8. The van der Waals surface area contributed by atoms with E-state index in [-0.39, 0.29) is 5.91 Å². The zero-order chi connectivity index (χ0) is 17.9. The van der Waals surface area contributed by atoms with Crippen molar-refractivity contribution in [1.29, 1.82) is 0 Å². The van der Waals surface area contributed by atoms with Gasteiger partial charge in [-0.2, -0.15) is 4.31 Å². The Bertz CT molecular complexity index is 689. The molecule has 7 heteroatoms. The highest BCUT2D eigenvalue weighted by atomic mass is 32.2. The molecule has 0 radical (unpaired) electrons. The number of hydrogen-bond acceptors (Lipinski definition) is 4. The zero-order valence-corrected chi connectivity index (χ0v) is 15.6. The molecule has 0 spiro atoms. The van der Waals surface area contributed by atoms with Crippen molar-refractivity contribution in [3.63, 3.8) is 0 Å². The van der Waals surface area contributed by atoms with Gasteiger partial charge in [0.15, 0.2) is 0 Å². The highest BCUT2D eigenvalue weighted by Gasteiger charge is 2.30. The molecule has 2 aliphatic rings. The van der Waals surface area contributed by atoms with Crippen LogP contribution in [0.25, 0.3) is 0 Å². The van der Waals surface area contributed by atoms with Crippen LogP contribution >= 0.6 is 0 Å². The third-order valence-electron chi connectivity index (χ3n) is 5.15.